The van der Waals surface area contributed by atoms with Crippen LogP contribution in [0.4, 0.5) is 5.69 Å². The van der Waals surface area contributed by atoms with Crippen molar-refractivity contribution in [3.8, 4) is 11.3 Å². The Bertz CT molecular complexity index is 1350. The molecule has 5 nitrogen and oxygen atoms in total. The van der Waals surface area contributed by atoms with E-state index in [1.54, 1.807) is 6.07 Å². The molecule has 7 heteroatoms. The van der Waals surface area contributed by atoms with Crippen molar-refractivity contribution in [1.29, 1.82) is 0 Å². The van der Waals surface area contributed by atoms with E-state index >= 15 is 0 Å². The van der Waals surface area contributed by atoms with Gasteiger partial charge in [-0.1, -0.05) is 62.2 Å². The van der Waals surface area contributed by atoms with Crippen LogP contribution in [-0.2, 0) is 9.53 Å². The standard InChI is InChI=1S/C26H20Br2N2O3/c1-15-11-19(12-16(2)25(15)28)29-24(31)14-33-26(32)21-13-23(17-7-9-18(27)10-8-17)30-22-6-4-3-5-20(21)22/h3-13H,14H2,1-2H3,(H,29,31). The molecule has 0 saturated heterocycles. The fraction of sp³-hybridized carbons (Fsp3) is 0.115. The Morgan fingerprint density at radius 2 is 1.61 bits per heavy atom. The molecule has 1 heterocycles. The highest BCUT2D eigenvalue weighted by atomic mass is 79.9. The summed E-state index contributed by atoms with van der Waals surface area (Å²) in [5.41, 5.74) is 5.23. The number of carbonyl (C=O) groups excluding carboxylic acids is 2. The van der Waals surface area contributed by atoms with Crippen LogP contribution in [0.15, 0.2) is 75.7 Å². The maximum Gasteiger partial charge on any atom is 0.339 e. The van der Waals surface area contributed by atoms with Crippen LogP contribution in [-0.4, -0.2) is 23.5 Å². The predicted molar refractivity (Wildman–Crippen MR) is 137 cm³/mol. The van der Waals surface area contributed by atoms with Gasteiger partial charge in [0.1, 0.15) is 0 Å². The minimum atomic E-state index is -0.578. The lowest BCUT2D eigenvalue weighted by Gasteiger charge is -2.12. The minimum absolute atomic E-state index is 0.363. The van der Waals surface area contributed by atoms with Crippen molar-refractivity contribution in [2.75, 3.05) is 11.9 Å². The lowest BCUT2D eigenvalue weighted by molar-refractivity contribution is -0.119. The van der Waals surface area contributed by atoms with Gasteiger partial charge in [-0.2, -0.15) is 0 Å². The van der Waals surface area contributed by atoms with Crippen molar-refractivity contribution >= 4 is 60.3 Å². The highest BCUT2D eigenvalue weighted by Gasteiger charge is 2.17. The van der Waals surface area contributed by atoms with Gasteiger partial charge in [-0.3, -0.25) is 4.79 Å². The number of halogens is 2. The summed E-state index contributed by atoms with van der Waals surface area (Å²) in [6.45, 7) is 3.51. The average molecular weight is 568 g/mol. The van der Waals surface area contributed by atoms with Crippen molar-refractivity contribution in [2.24, 2.45) is 0 Å². The van der Waals surface area contributed by atoms with Gasteiger partial charge >= 0.3 is 5.97 Å². The molecule has 0 atom stereocenters. The zero-order valence-corrected chi connectivity index (χ0v) is 21.2. The summed E-state index contributed by atoms with van der Waals surface area (Å²) in [6.07, 6.45) is 0. The van der Waals surface area contributed by atoms with Crippen molar-refractivity contribution in [3.05, 3.63) is 92.4 Å². The van der Waals surface area contributed by atoms with E-state index in [9.17, 15) is 9.59 Å². The predicted octanol–water partition coefficient (Wildman–Crippen LogP) is 6.84. The van der Waals surface area contributed by atoms with Gasteiger partial charge in [-0.25, -0.2) is 9.78 Å². The number of amides is 1. The second kappa shape index (κ2) is 9.85. The minimum Gasteiger partial charge on any atom is -0.452 e. The van der Waals surface area contributed by atoms with Crippen molar-refractivity contribution in [2.45, 2.75) is 13.8 Å². The lowest BCUT2D eigenvalue weighted by atomic mass is 10.0. The smallest absolute Gasteiger partial charge is 0.339 e. The van der Waals surface area contributed by atoms with E-state index in [1.807, 2.05) is 74.5 Å². The maximum absolute atomic E-state index is 13.0. The fourth-order valence-corrected chi connectivity index (χ4v) is 4.03. The number of nitrogens with one attached hydrogen (secondary N) is 1. The first-order valence-corrected chi connectivity index (χ1v) is 11.8. The molecule has 0 bridgehead atoms. The molecule has 0 aliphatic heterocycles. The number of aryl methyl sites for hydroxylation is 2. The third kappa shape index (κ3) is 5.31. The third-order valence-corrected chi connectivity index (χ3v) is 6.91. The molecule has 0 fully saturated rings. The summed E-state index contributed by atoms with van der Waals surface area (Å²) in [5, 5.41) is 3.45. The number of hydrogen-bond donors (Lipinski definition) is 1. The molecule has 4 rings (SSSR count). The summed E-state index contributed by atoms with van der Waals surface area (Å²) < 4.78 is 7.32. The number of ether oxygens (including phenoxy) is 1. The Morgan fingerprint density at radius 3 is 2.30 bits per heavy atom. The highest BCUT2D eigenvalue weighted by Crippen LogP contribution is 2.27. The van der Waals surface area contributed by atoms with Gasteiger partial charge in [0.15, 0.2) is 6.61 Å². The number of hydrogen-bond acceptors (Lipinski definition) is 4. The summed E-state index contributed by atoms with van der Waals surface area (Å²) in [5.74, 6) is -0.985. The molecule has 0 spiro atoms. The van der Waals surface area contributed by atoms with E-state index in [0.717, 1.165) is 25.6 Å². The molecule has 166 valence electrons. The number of rotatable bonds is 5. The largest absolute Gasteiger partial charge is 0.452 e. The van der Waals surface area contributed by atoms with Gasteiger partial charge in [0.25, 0.3) is 5.91 Å². The number of benzene rings is 3. The molecule has 0 aliphatic rings. The summed E-state index contributed by atoms with van der Waals surface area (Å²) in [7, 11) is 0. The normalized spacial score (nSPS) is 10.8. The molecule has 0 aliphatic carbocycles. The number of esters is 1. The van der Waals surface area contributed by atoms with Crippen LogP contribution in [0.3, 0.4) is 0 Å². The Kier molecular flexibility index (Phi) is 6.91. The van der Waals surface area contributed by atoms with Crippen molar-refractivity contribution in [1.82, 2.24) is 4.98 Å². The van der Waals surface area contributed by atoms with Crippen molar-refractivity contribution < 1.29 is 14.3 Å². The van der Waals surface area contributed by atoms with E-state index in [2.05, 4.69) is 42.2 Å². The van der Waals surface area contributed by atoms with Crippen LogP contribution in [0.25, 0.3) is 22.2 Å². The maximum atomic E-state index is 13.0. The van der Waals surface area contributed by atoms with Gasteiger partial charge in [0.05, 0.1) is 16.8 Å². The topological polar surface area (TPSA) is 68.3 Å². The number of pyridine rings is 1. The molecule has 4 aromatic rings. The number of anilines is 1. The van der Waals surface area contributed by atoms with Gasteiger partial charge in [0.2, 0.25) is 0 Å². The Balaban J connectivity index is 1.55. The van der Waals surface area contributed by atoms with Crippen LogP contribution in [0, 0.1) is 13.8 Å². The van der Waals surface area contributed by atoms with Gasteiger partial charge < -0.3 is 10.1 Å². The second-order valence-corrected chi connectivity index (χ2v) is 9.34. The highest BCUT2D eigenvalue weighted by molar-refractivity contribution is 9.10. The SMILES string of the molecule is Cc1cc(NC(=O)COC(=O)c2cc(-c3ccc(Br)cc3)nc3ccccc23)cc(C)c1Br. The van der Waals surface area contributed by atoms with Crippen LogP contribution in [0.2, 0.25) is 0 Å². The molecule has 0 unspecified atom stereocenters. The van der Waals surface area contributed by atoms with Crippen LogP contribution < -0.4 is 5.32 Å². The number of fused-ring (bicyclic) bond motifs is 1. The molecular formula is C26H20Br2N2O3. The molecule has 0 saturated carbocycles. The molecule has 1 aromatic heterocycles. The number of para-hydroxylation sites is 1. The van der Waals surface area contributed by atoms with Crippen LogP contribution in [0.1, 0.15) is 21.5 Å². The van der Waals surface area contributed by atoms with Crippen LogP contribution >= 0.6 is 31.9 Å². The third-order valence-electron chi connectivity index (χ3n) is 5.13. The lowest BCUT2D eigenvalue weighted by Crippen LogP contribution is -2.21. The summed E-state index contributed by atoms with van der Waals surface area (Å²) in [4.78, 5) is 30.1. The number of carbonyl (C=O) groups is 2. The number of nitrogens with zero attached hydrogens (tertiary/aromatic N) is 1. The van der Waals surface area contributed by atoms with Crippen molar-refractivity contribution in [3.63, 3.8) is 0 Å². The first kappa shape index (κ1) is 23.1. The van der Waals surface area contributed by atoms with E-state index in [0.29, 0.717) is 27.8 Å². The second-order valence-electron chi connectivity index (χ2n) is 7.63. The van der Waals surface area contributed by atoms with E-state index in [1.165, 1.54) is 0 Å². The fourth-order valence-electron chi connectivity index (χ4n) is 3.54. The molecule has 0 radical (unpaired) electrons. The quantitative estimate of drug-likeness (QED) is 0.268. The number of aromatic nitrogens is 1. The molecular weight excluding hydrogens is 548 g/mol. The van der Waals surface area contributed by atoms with Gasteiger partial charge in [0, 0.05) is 25.6 Å². The molecule has 1 amide bonds. The summed E-state index contributed by atoms with van der Waals surface area (Å²) >= 11 is 6.94. The summed E-state index contributed by atoms with van der Waals surface area (Å²) in [6, 6.07) is 20.5. The Labute approximate surface area is 208 Å². The molecule has 1 N–H and O–H groups in total. The first-order valence-electron chi connectivity index (χ1n) is 10.2. The monoisotopic (exact) mass is 566 g/mol. The zero-order valence-electron chi connectivity index (χ0n) is 18.0. The molecule has 33 heavy (non-hydrogen) atoms. The average Bonchev–Trinajstić information content (AvgIpc) is 2.80. The van der Waals surface area contributed by atoms with E-state index < -0.39 is 18.5 Å². The zero-order chi connectivity index (χ0) is 23.5. The first-order chi connectivity index (χ1) is 15.8. The van der Waals surface area contributed by atoms with Gasteiger partial charge in [-0.15, -0.1) is 0 Å². The van der Waals surface area contributed by atoms with E-state index in [4.69, 9.17) is 4.74 Å². The van der Waals surface area contributed by atoms with Gasteiger partial charge in [-0.05, 0) is 61.4 Å². The van der Waals surface area contributed by atoms with E-state index in [-0.39, 0.29) is 0 Å². The Morgan fingerprint density at radius 1 is 0.939 bits per heavy atom. The van der Waals surface area contributed by atoms with Crippen LogP contribution in [0.5, 0.6) is 0 Å². The molecule has 3 aromatic carbocycles. The Hall–Kier alpha value is -3.03.